The van der Waals surface area contributed by atoms with E-state index in [0.29, 0.717) is 24.0 Å². The first kappa shape index (κ1) is 15.9. The molecule has 0 aromatic rings. The van der Waals surface area contributed by atoms with Crippen LogP contribution in [0.4, 0.5) is 0 Å². The number of esters is 2. The van der Waals surface area contributed by atoms with Crippen LogP contribution in [-0.4, -0.2) is 30.4 Å². The molecule has 0 fully saturated rings. The van der Waals surface area contributed by atoms with Crippen LogP contribution in [0.15, 0.2) is 36.0 Å². The van der Waals surface area contributed by atoms with Crippen molar-refractivity contribution in [2.45, 2.75) is 32.8 Å². The minimum absolute atomic E-state index is 0.00822. The Morgan fingerprint density at radius 1 is 1.40 bits per heavy atom. The van der Waals surface area contributed by atoms with Crippen molar-refractivity contribution in [3.63, 3.8) is 0 Å². The van der Waals surface area contributed by atoms with Gasteiger partial charge in [0.2, 0.25) is 0 Å². The van der Waals surface area contributed by atoms with E-state index in [1.165, 1.54) is 19.9 Å². The molecular formula is C15H18O5. The molecule has 0 aromatic heterocycles. The Kier molecular flexibility index (Phi) is 5.90. The van der Waals surface area contributed by atoms with Gasteiger partial charge < -0.3 is 9.47 Å². The number of rotatable bonds is 5. The van der Waals surface area contributed by atoms with Gasteiger partial charge in [0.25, 0.3) is 0 Å². The average Bonchev–Trinajstić information content (AvgIpc) is 2.36. The van der Waals surface area contributed by atoms with E-state index in [-0.39, 0.29) is 12.4 Å². The Bertz CT molecular complexity index is 484. The molecule has 0 N–H and O–H groups in total. The molecule has 1 aliphatic rings. The second-order valence-corrected chi connectivity index (χ2v) is 4.40. The lowest BCUT2D eigenvalue weighted by Gasteiger charge is -2.21. The zero-order valence-corrected chi connectivity index (χ0v) is 11.7. The third kappa shape index (κ3) is 4.84. The second-order valence-electron chi connectivity index (χ2n) is 4.40. The molecule has 0 radical (unpaired) electrons. The summed E-state index contributed by atoms with van der Waals surface area (Å²) in [6.07, 6.45) is 5.07. The van der Waals surface area contributed by atoms with Crippen LogP contribution in [0.2, 0.25) is 0 Å². The quantitative estimate of drug-likeness (QED) is 0.567. The summed E-state index contributed by atoms with van der Waals surface area (Å²) in [5, 5.41) is 0. The summed E-state index contributed by atoms with van der Waals surface area (Å²) >= 11 is 0. The molecular weight excluding hydrogens is 260 g/mol. The van der Waals surface area contributed by atoms with Crippen molar-refractivity contribution in [3.8, 4) is 0 Å². The van der Waals surface area contributed by atoms with Crippen LogP contribution in [-0.2, 0) is 23.9 Å². The summed E-state index contributed by atoms with van der Waals surface area (Å²) in [6, 6.07) is 0. The first-order chi connectivity index (χ1) is 9.43. The zero-order chi connectivity index (χ0) is 15.1. The number of ketones is 1. The Morgan fingerprint density at radius 3 is 2.65 bits per heavy atom. The first-order valence-corrected chi connectivity index (χ1v) is 6.31. The minimum atomic E-state index is -0.430. The van der Waals surface area contributed by atoms with E-state index in [1.807, 2.05) is 0 Å². The molecule has 5 heteroatoms. The number of ether oxygens (including phenoxy) is 2. The minimum Gasteiger partial charge on any atom is -0.461 e. The Labute approximate surface area is 117 Å². The first-order valence-electron chi connectivity index (χ1n) is 6.31. The number of allylic oxidation sites excluding steroid dienone is 2. The van der Waals surface area contributed by atoms with Gasteiger partial charge in [-0.25, -0.2) is 0 Å². The van der Waals surface area contributed by atoms with Crippen molar-refractivity contribution < 1.29 is 23.9 Å². The lowest BCUT2D eigenvalue weighted by Crippen LogP contribution is -2.24. The van der Waals surface area contributed by atoms with Crippen LogP contribution in [0.3, 0.4) is 0 Å². The van der Waals surface area contributed by atoms with Crippen LogP contribution < -0.4 is 0 Å². The fourth-order valence-corrected chi connectivity index (χ4v) is 1.90. The third-order valence-electron chi connectivity index (χ3n) is 2.72. The predicted octanol–water partition coefficient (Wildman–Crippen LogP) is 1.88. The van der Waals surface area contributed by atoms with Crippen molar-refractivity contribution in [1.29, 1.82) is 0 Å². The molecule has 1 aliphatic carbocycles. The second kappa shape index (κ2) is 7.43. The maximum absolute atomic E-state index is 12.0. The number of hydrogen-bond acceptors (Lipinski definition) is 5. The molecule has 20 heavy (non-hydrogen) atoms. The van der Waals surface area contributed by atoms with E-state index in [1.54, 1.807) is 12.2 Å². The molecule has 0 aliphatic heterocycles. The van der Waals surface area contributed by atoms with Gasteiger partial charge in [0, 0.05) is 25.8 Å². The van der Waals surface area contributed by atoms with Gasteiger partial charge in [-0.05, 0) is 18.1 Å². The summed E-state index contributed by atoms with van der Waals surface area (Å²) in [7, 11) is 0. The van der Waals surface area contributed by atoms with Crippen LogP contribution in [0.25, 0.3) is 0 Å². The maximum atomic E-state index is 12.0. The summed E-state index contributed by atoms with van der Waals surface area (Å²) in [4.78, 5) is 33.8. The molecule has 1 unspecified atom stereocenters. The predicted molar refractivity (Wildman–Crippen MR) is 72.8 cm³/mol. The van der Waals surface area contributed by atoms with Crippen molar-refractivity contribution in [3.05, 3.63) is 36.0 Å². The van der Waals surface area contributed by atoms with Gasteiger partial charge in [0.05, 0.1) is 0 Å². The number of hydrogen-bond donors (Lipinski definition) is 0. The maximum Gasteiger partial charge on any atom is 0.303 e. The molecule has 1 atom stereocenters. The van der Waals surface area contributed by atoms with Gasteiger partial charge in [0.15, 0.2) is 5.78 Å². The van der Waals surface area contributed by atoms with Gasteiger partial charge in [0.1, 0.15) is 12.7 Å². The normalized spacial score (nSPS) is 19.1. The highest BCUT2D eigenvalue weighted by Crippen LogP contribution is 2.23. The molecule has 5 nitrogen and oxygen atoms in total. The lowest BCUT2D eigenvalue weighted by atomic mass is 9.90. The molecule has 0 saturated heterocycles. The Balaban J connectivity index is 2.95. The lowest BCUT2D eigenvalue weighted by molar-refractivity contribution is -0.145. The van der Waals surface area contributed by atoms with Gasteiger partial charge in [-0.15, -0.1) is 0 Å². The molecule has 0 heterocycles. The molecule has 108 valence electrons. The van der Waals surface area contributed by atoms with Gasteiger partial charge in [-0.2, -0.15) is 0 Å². The number of carbonyl (C=O) groups is 3. The SMILES string of the molecule is C=CC=C(COC(C)=O)C1=CC(OC(C)=O)CCC1=O. The largest absolute Gasteiger partial charge is 0.461 e. The van der Waals surface area contributed by atoms with E-state index in [4.69, 9.17) is 9.47 Å². The van der Waals surface area contributed by atoms with Crippen molar-refractivity contribution in [1.82, 2.24) is 0 Å². The summed E-state index contributed by atoms with van der Waals surface area (Å²) < 4.78 is 10.0. The smallest absolute Gasteiger partial charge is 0.303 e. The molecule has 1 rings (SSSR count). The van der Waals surface area contributed by atoms with Crippen LogP contribution in [0.1, 0.15) is 26.7 Å². The molecule has 0 spiro atoms. The summed E-state index contributed by atoms with van der Waals surface area (Å²) in [5.74, 6) is -0.886. The van der Waals surface area contributed by atoms with Crippen molar-refractivity contribution in [2.24, 2.45) is 0 Å². The van der Waals surface area contributed by atoms with E-state index in [9.17, 15) is 14.4 Å². The fourth-order valence-electron chi connectivity index (χ4n) is 1.90. The highest BCUT2D eigenvalue weighted by molar-refractivity contribution is 6.00. The van der Waals surface area contributed by atoms with E-state index >= 15 is 0 Å². The monoisotopic (exact) mass is 278 g/mol. The van der Waals surface area contributed by atoms with E-state index in [2.05, 4.69) is 6.58 Å². The average molecular weight is 278 g/mol. The van der Waals surface area contributed by atoms with Crippen LogP contribution >= 0.6 is 0 Å². The summed E-state index contributed by atoms with van der Waals surface area (Å²) in [6.45, 7) is 6.18. The van der Waals surface area contributed by atoms with Crippen molar-refractivity contribution >= 4 is 17.7 Å². The molecule has 0 amide bonds. The van der Waals surface area contributed by atoms with Crippen molar-refractivity contribution in [2.75, 3.05) is 6.61 Å². The molecule has 0 bridgehead atoms. The fraction of sp³-hybridized carbons (Fsp3) is 0.400. The highest BCUT2D eigenvalue weighted by Gasteiger charge is 2.24. The standard InChI is InChI=1S/C15H18O5/c1-4-5-12(9-19-10(2)16)14-8-13(20-11(3)17)6-7-15(14)18/h4-5,8,13H,1,6-7,9H2,2-3H3. The Hall–Kier alpha value is -2.17. The summed E-state index contributed by atoms with van der Waals surface area (Å²) in [5.41, 5.74) is 0.973. The topological polar surface area (TPSA) is 69.7 Å². The van der Waals surface area contributed by atoms with Crippen LogP contribution in [0, 0.1) is 0 Å². The Morgan fingerprint density at radius 2 is 2.10 bits per heavy atom. The van der Waals surface area contributed by atoms with Gasteiger partial charge in [-0.1, -0.05) is 18.7 Å². The van der Waals surface area contributed by atoms with Gasteiger partial charge >= 0.3 is 11.9 Å². The molecule has 0 saturated carbocycles. The molecule has 0 aromatic carbocycles. The van der Waals surface area contributed by atoms with E-state index < -0.39 is 18.0 Å². The number of Topliss-reactive ketones (excluding diaryl/α,β-unsaturated/α-hetero) is 1. The van der Waals surface area contributed by atoms with Crippen LogP contribution in [0.5, 0.6) is 0 Å². The van der Waals surface area contributed by atoms with Gasteiger partial charge in [-0.3, -0.25) is 14.4 Å². The number of carbonyl (C=O) groups excluding carboxylic acids is 3. The highest BCUT2D eigenvalue weighted by atomic mass is 16.5. The van der Waals surface area contributed by atoms with E-state index in [0.717, 1.165) is 0 Å². The third-order valence-corrected chi connectivity index (χ3v) is 2.72. The zero-order valence-electron chi connectivity index (χ0n) is 11.7.